The zero-order valence-corrected chi connectivity index (χ0v) is 14.5. The van der Waals surface area contributed by atoms with Gasteiger partial charge in [-0.15, -0.1) is 0 Å². The number of likely N-dealkylation sites (N-methyl/N-ethyl adjacent to an activating group) is 1. The lowest BCUT2D eigenvalue weighted by Gasteiger charge is -2.34. The smallest absolute Gasteiger partial charge is 0.118 e. The number of benzene rings is 1. The van der Waals surface area contributed by atoms with Crippen LogP contribution in [0.1, 0.15) is 44.6 Å². The van der Waals surface area contributed by atoms with E-state index < -0.39 is 6.10 Å². The van der Waals surface area contributed by atoms with Crippen molar-refractivity contribution in [2.24, 2.45) is 0 Å². The van der Waals surface area contributed by atoms with Crippen molar-refractivity contribution in [1.82, 2.24) is 4.90 Å². The Hall–Kier alpha value is -1.10. The molecule has 0 spiro atoms. The number of nitrogens with zero attached hydrogens (tertiary/aromatic N) is 1. The summed E-state index contributed by atoms with van der Waals surface area (Å²) in [5.41, 5.74) is 1.10. The van der Waals surface area contributed by atoms with Crippen molar-refractivity contribution in [2.75, 3.05) is 26.8 Å². The van der Waals surface area contributed by atoms with Crippen molar-refractivity contribution >= 4 is 0 Å². The SMILES string of the molecule is CCN(C[C@@H](O)COCc1ccc(OC)cc1)C1CCCCC1. The van der Waals surface area contributed by atoms with Crippen LogP contribution in [0.3, 0.4) is 0 Å². The topological polar surface area (TPSA) is 41.9 Å². The number of methoxy groups -OCH3 is 1. The van der Waals surface area contributed by atoms with Gasteiger partial charge in [0.1, 0.15) is 5.75 Å². The molecule has 0 bridgehead atoms. The van der Waals surface area contributed by atoms with Crippen LogP contribution in [0, 0.1) is 0 Å². The number of aliphatic hydroxyl groups excluding tert-OH is 1. The highest BCUT2D eigenvalue weighted by atomic mass is 16.5. The molecule has 1 saturated carbocycles. The lowest BCUT2D eigenvalue weighted by Crippen LogP contribution is -2.42. The molecule has 1 aliphatic carbocycles. The summed E-state index contributed by atoms with van der Waals surface area (Å²) in [4.78, 5) is 2.42. The highest BCUT2D eigenvalue weighted by molar-refractivity contribution is 5.26. The molecular weight excluding hydrogens is 290 g/mol. The average molecular weight is 321 g/mol. The van der Waals surface area contributed by atoms with Gasteiger partial charge >= 0.3 is 0 Å². The van der Waals surface area contributed by atoms with Gasteiger partial charge in [0, 0.05) is 12.6 Å². The average Bonchev–Trinajstić information content (AvgIpc) is 2.61. The highest BCUT2D eigenvalue weighted by Gasteiger charge is 2.21. The van der Waals surface area contributed by atoms with E-state index in [-0.39, 0.29) is 0 Å². The molecule has 0 amide bonds. The minimum Gasteiger partial charge on any atom is -0.497 e. The predicted molar refractivity (Wildman–Crippen MR) is 92.8 cm³/mol. The molecule has 1 aliphatic rings. The van der Waals surface area contributed by atoms with Gasteiger partial charge in [0.15, 0.2) is 0 Å². The van der Waals surface area contributed by atoms with Crippen molar-refractivity contribution in [1.29, 1.82) is 0 Å². The van der Waals surface area contributed by atoms with E-state index >= 15 is 0 Å². The van der Waals surface area contributed by atoms with Gasteiger partial charge < -0.3 is 14.6 Å². The second kappa shape index (κ2) is 9.91. The Balaban J connectivity index is 1.69. The Morgan fingerprint density at radius 3 is 2.48 bits per heavy atom. The zero-order chi connectivity index (χ0) is 16.5. The molecule has 1 N–H and O–H groups in total. The number of rotatable bonds is 9. The molecule has 0 aliphatic heterocycles. The summed E-state index contributed by atoms with van der Waals surface area (Å²) in [6, 6.07) is 8.48. The Morgan fingerprint density at radius 2 is 1.87 bits per heavy atom. The van der Waals surface area contributed by atoms with Gasteiger partial charge in [0.25, 0.3) is 0 Å². The minimum atomic E-state index is -0.421. The Kier molecular flexibility index (Phi) is 7.86. The molecule has 0 radical (unpaired) electrons. The second-order valence-electron chi connectivity index (χ2n) is 6.40. The second-order valence-corrected chi connectivity index (χ2v) is 6.40. The maximum absolute atomic E-state index is 10.3. The first-order chi connectivity index (χ1) is 11.2. The van der Waals surface area contributed by atoms with E-state index in [9.17, 15) is 5.11 Å². The van der Waals surface area contributed by atoms with E-state index in [2.05, 4.69) is 11.8 Å². The van der Waals surface area contributed by atoms with Gasteiger partial charge in [-0.2, -0.15) is 0 Å². The fourth-order valence-electron chi connectivity index (χ4n) is 3.34. The van der Waals surface area contributed by atoms with Crippen LogP contribution in [0.4, 0.5) is 0 Å². The third kappa shape index (κ3) is 6.13. The largest absolute Gasteiger partial charge is 0.497 e. The zero-order valence-electron chi connectivity index (χ0n) is 14.5. The van der Waals surface area contributed by atoms with Gasteiger partial charge in [-0.1, -0.05) is 38.3 Å². The van der Waals surface area contributed by atoms with Gasteiger partial charge in [0.2, 0.25) is 0 Å². The van der Waals surface area contributed by atoms with Gasteiger partial charge in [-0.3, -0.25) is 4.90 Å². The normalized spacial score (nSPS) is 17.4. The number of hydrogen-bond acceptors (Lipinski definition) is 4. The van der Waals surface area contributed by atoms with Crippen molar-refractivity contribution in [3.05, 3.63) is 29.8 Å². The molecule has 1 aromatic carbocycles. The van der Waals surface area contributed by atoms with E-state index in [1.807, 2.05) is 24.3 Å². The Bertz CT molecular complexity index is 429. The molecule has 0 aromatic heterocycles. The highest BCUT2D eigenvalue weighted by Crippen LogP contribution is 2.22. The lowest BCUT2D eigenvalue weighted by molar-refractivity contribution is 0.0000406. The van der Waals surface area contributed by atoms with Crippen LogP contribution in [0.25, 0.3) is 0 Å². The molecule has 2 rings (SSSR count). The van der Waals surface area contributed by atoms with E-state index in [4.69, 9.17) is 9.47 Å². The van der Waals surface area contributed by atoms with E-state index in [0.717, 1.165) is 17.9 Å². The fraction of sp³-hybridized carbons (Fsp3) is 0.684. The summed E-state index contributed by atoms with van der Waals surface area (Å²) < 4.78 is 10.8. The number of aliphatic hydroxyl groups is 1. The minimum absolute atomic E-state index is 0.384. The molecule has 23 heavy (non-hydrogen) atoms. The summed E-state index contributed by atoms with van der Waals surface area (Å²) >= 11 is 0. The third-order valence-electron chi connectivity index (χ3n) is 4.68. The molecule has 1 fully saturated rings. The first-order valence-electron chi connectivity index (χ1n) is 8.85. The van der Waals surface area contributed by atoms with Crippen molar-refractivity contribution in [3.63, 3.8) is 0 Å². The van der Waals surface area contributed by atoms with Crippen molar-refractivity contribution in [3.8, 4) is 5.75 Å². The van der Waals surface area contributed by atoms with E-state index in [1.165, 1.54) is 32.1 Å². The summed E-state index contributed by atoms with van der Waals surface area (Å²) in [5, 5.41) is 10.3. The molecule has 1 atom stereocenters. The third-order valence-corrected chi connectivity index (χ3v) is 4.68. The standard InChI is InChI=1S/C19H31NO3/c1-3-20(17-7-5-4-6-8-17)13-18(21)15-23-14-16-9-11-19(22-2)12-10-16/h9-12,17-18,21H,3-8,13-15H2,1-2H3/t18-/m1/s1. The van der Waals surface area contributed by atoms with E-state index in [0.29, 0.717) is 25.8 Å². The molecule has 4 heteroatoms. The molecule has 130 valence electrons. The molecular formula is C19H31NO3. The molecule has 4 nitrogen and oxygen atoms in total. The fourth-order valence-corrected chi connectivity index (χ4v) is 3.34. The summed E-state index contributed by atoms with van der Waals surface area (Å²) in [7, 11) is 1.66. The van der Waals surface area contributed by atoms with Crippen LogP contribution in [-0.2, 0) is 11.3 Å². The van der Waals surface area contributed by atoms with Crippen molar-refractivity contribution < 1.29 is 14.6 Å². The monoisotopic (exact) mass is 321 g/mol. The van der Waals surface area contributed by atoms with Gasteiger partial charge in [-0.05, 0) is 37.1 Å². The Labute approximate surface area is 140 Å². The maximum Gasteiger partial charge on any atom is 0.118 e. The van der Waals surface area contributed by atoms with Crippen LogP contribution in [0.2, 0.25) is 0 Å². The number of ether oxygens (including phenoxy) is 2. The molecule has 1 aromatic rings. The van der Waals surface area contributed by atoms with Gasteiger partial charge in [-0.25, -0.2) is 0 Å². The molecule has 0 heterocycles. The van der Waals surface area contributed by atoms with Crippen LogP contribution >= 0.6 is 0 Å². The summed E-state index contributed by atoms with van der Waals surface area (Å²) in [6.45, 7) is 4.80. The van der Waals surface area contributed by atoms with Crippen LogP contribution in [0.5, 0.6) is 5.75 Å². The molecule has 0 unspecified atom stereocenters. The van der Waals surface area contributed by atoms with Crippen LogP contribution in [0.15, 0.2) is 24.3 Å². The molecule has 0 saturated heterocycles. The number of hydrogen-bond donors (Lipinski definition) is 1. The van der Waals surface area contributed by atoms with Crippen LogP contribution < -0.4 is 4.74 Å². The van der Waals surface area contributed by atoms with E-state index in [1.54, 1.807) is 7.11 Å². The maximum atomic E-state index is 10.3. The lowest BCUT2D eigenvalue weighted by atomic mass is 9.94. The summed E-state index contributed by atoms with van der Waals surface area (Å²) in [5.74, 6) is 0.847. The summed E-state index contributed by atoms with van der Waals surface area (Å²) in [6.07, 6.45) is 6.13. The van der Waals surface area contributed by atoms with Crippen LogP contribution in [-0.4, -0.2) is 49.0 Å². The van der Waals surface area contributed by atoms with Gasteiger partial charge in [0.05, 0.1) is 26.4 Å². The predicted octanol–water partition coefficient (Wildman–Crippen LogP) is 3.23. The Morgan fingerprint density at radius 1 is 1.17 bits per heavy atom. The first kappa shape index (κ1) is 18.2. The quantitative estimate of drug-likeness (QED) is 0.758. The first-order valence-corrected chi connectivity index (χ1v) is 8.85. The van der Waals surface area contributed by atoms with Crippen molar-refractivity contribution in [2.45, 2.75) is 57.8 Å².